The largest absolute Gasteiger partial charge is 0.457 e. The second kappa shape index (κ2) is 46.0. The number of aliphatic hydroxyl groups excluding tert-OH is 4. The maximum Gasteiger partial charge on any atom is 0.306 e. The summed E-state index contributed by atoms with van der Waals surface area (Å²) in [4.78, 5) is 12.9. The highest BCUT2D eigenvalue weighted by molar-refractivity contribution is 5.69. The van der Waals surface area contributed by atoms with Gasteiger partial charge in [-0.1, -0.05) is 190 Å². The summed E-state index contributed by atoms with van der Waals surface area (Å²) in [5.41, 5.74) is 0. The molecule has 1 fully saturated rings. The highest BCUT2D eigenvalue weighted by Crippen LogP contribution is 2.23. The topological polar surface area (TPSA) is 135 Å². The molecule has 0 amide bonds. The number of ether oxygens (including phenoxy) is 4. The van der Waals surface area contributed by atoms with Gasteiger partial charge in [0.15, 0.2) is 6.29 Å². The van der Waals surface area contributed by atoms with Crippen LogP contribution in [-0.2, 0) is 23.7 Å². The zero-order valence-electron chi connectivity index (χ0n) is 41.0. The molecule has 1 heterocycles. The molecule has 4 N–H and O–H groups in total. The number of carbonyl (C=O) groups excluding carboxylic acids is 1. The Morgan fingerprint density at radius 3 is 1.39 bits per heavy atom. The second-order valence-electron chi connectivity index (χ2n) is 18.0. The first-order valence-corrected chi connectivity index (χ1v) is 26.4. The quantitative estimate of drug-likeness (QED) is 0.0268. The van der Waals surface area contributed by atoms with Crippen LogP contribution in [0.2, 0.25) is 0 Å². The zero-order chi connectivity index (χ0) is 46.4. The van der Waals surface area contributed by atoms with E-state index in [2.05, 4.69) is 74.6 Å². The van der Waals surface area contributed by atoms with Gasteiger partial charge in [0.2, 0.25) is 0 Å². The van der Waals surface area contributed by atoms with Gasteiger partial charge in [0.05, 0.1) is 19.8 Å². The minimum Gasteiger partial charge on any atom is -0.457 e. The van der Waals surface area contributed by atoms with E-state index in [1.807, 2.05) is 0 Å². The molecule has 0 radical (unpaired) electrons. The van der Waals surface area contributed by atoms with Crippen molar-refractivity contribution in [3.63, 3.8) is 0 Å². The number of rotatable bonds is 45. The van der Waals surface area contributed by atoms with E-state index in [-0.39, 0.29) is 19.2 Å². The van der Waals surface area contributed by atoms with Crippen molar-refractivity contribution >= 4 is 5.97 Å². The highest BCUT2D eigenvalue weighted by atomic mass is 16.7. The number of hydrogen-bond acceptors (Lipinski definition) is 9. The van der Waals surface area contributed by atoms with Gasteiger partial charge in [-0.2, -0.15) is 0 Å². The smallest absolute Gasteiger partial charge is 0.306 e. The third-order valence-electron chi connectivity index (χ3n) is 11.9. The van der Waals surface area contributed by atoms with E-state index < -0.39 is 43.4 Å². The third kappa shape index (κ3) is 36.1. The summed E-state index contributed by atoms with van der Waals surface area (Å²) >= 11 is 0. The van der Waals surface area contributed by atoms with Gasteiger partial charge >= 0.3 is 5.97 Å². The Hall–Kier alpha value is -2.11. The van der Waals surface area contributed by atoms with Crippen LogP contribution in [0.25, 0.3) is 0 Å². The first-order valence-electron chi connectivity index (χ1n) is 26.4. The summed E-state index contributed by atoms with van der Waals surface area (Å²) in [6, 6.07) is 0. The summed E-state index contributed by atoms with van der Waals surface area (Å²) in [7, 11) is 0. The maximum atomic E-state index is 12.9. The monoisotopic (exact) mass is 903 g/mol. The Balaban J connectivity index is 2.21. The lowest BCUT2D eigenvalue weighted by Gasteiger charge is -2.39. The van der Waals surface area contributed by atoms with E-state index in [0.717, 1.165) is 57.8 Å². The molecular weight excluding hydrogens is 805 g/mol. The second-order valence-corrected chi connectivity index (χ2v) is 18.0. The number of aliphatic hydroxyl groups is 4. The fraction of sp³-hybridized carbons (Fsp3) is 0.800. The Labute approximate surface area is 392 Å². The van der Waals surface area contributed by atoms with Crippen molar-refractivity contribution in [2.75, 3.05) is 26.4 Å². The molecule has 372 valence electrons. The molecule has 9 nitrogen and oxygen atoms in total. The summed E-state index contributed by atoms with van der Waals surface area (Å²) < 4.78 is 22.9. The highest BCUT2D eigenvalue weighted by Gasteiger charge is 2.44. The van der Waals surface area contributed by atoms with E-state index >= 15 is 0 Å². The number of esters is 1. The van der Waals surface area contributed by atoms with Crippen molar-refractivity contribution < 1.29 is 44.2 Å². The van der Waals surface area contributed by atoms with E-state index in [1.165, 1.54) is 141 Å². The Kier molecular flexibility index (Phi) is 43.1. The van der Waals surface area contributed by atoms with Crippen LogP contribution in [0.3, 0.4) is 0 Å². The maximum absolute atomic E-state index is 12.9. The van der Waals surface area contributed by atoms with Gasteiger partial charge in [0.1, 0.15) is 30.5 Å². The molecule has 0 spiro atoms. The molecule has 0 aromatic heterocycles. The molecule has 0 bridgehead atoms. The average Bonchev–Trinajstić information content (AvgIpc) is 3.30. The molecule has 0 aromatic rings. The van der Waals surface area contributed by atoms with Crippen molar-refractivity contribution in [1.82, 2.24) is 0 Å². The molecule has 0 aliphatic carbocycles. The summed E-state index contributed by atoms with van der Waals surface area (Å²) in [6.45, 7) is 4.51. The first-order chi connectivity index (χ1) is 31.4. The molecule has 1 rings (SSSR count). The van der Waals surface area contributed by atoms with E-state index in [0.29, 0.717) is 13.0 Å². The van der Waals surface area contributed by atoms with Crippen LogP contribution in [-0.4, -0.2) is 89.6 Å². The van der Waals surface area contributed by atoms with Crippen LogP contribution >= 0.6 is 0 Å². The van der Waals surface area contributed by atoms with E-state index in [1.54, 1.807) is 0 Å². The number of hydrogen-bond donors (Lipinski definition) is 4. The van der Waals surface area contributed by atoms with Crippen molar-refractivity contribution in [1.29, 1.82) is 0 Å². The van der Waals surface area contributed by atoms with Crippen LogP contribution in [0.15, 0.2) is 60.8 Å². The van der Waals surface area contributed by atoms with Crippen LogP contribution in [0, 0.1) is 0 Å². The van der Waals surface area contributed by atoms with Gasteiger partial charge in [-0.25, -0.2) is 0 Å². The van der Waals surface area contributed by atoms with Crippen molar-refractivity contribution in [3.8, 4) is 0 Å². The SMILES string of the molecule is CCCCC/C=C\C/C=C\CCCCCCCCCCOCC(COC1OC(CO)C(O)C(O)C1O)OC(=O)CCCCCCCCCC/C=C\C/C=C\C/C=C\CCCCCCC. The van der Waals surface area contributed by atoms with Crippen molar-refractivity contribution in [3.05, 3.63) is 60.8 Å². The van der Waals surface area contributed by atoms with Gasteiger partial charge in [0, 0.05) is 13.0 Å². The van der Waals surface area contributed by atoms with E-state index in [4.69, 9.17) is 18.9 Å². The molecular formula is C55H98O9. The van der Waals surface area contributed by atoms with Gasteiger partial charge in [-0.15, -0.1) is 0 Å². The fourth-order valence-electron chi connectivity index (χ4n) is 7.76. The Morgan fingerprint density at radius 1 is 0.500 bits per heavy atom. The molecule has 6 atom stereocenters. The molecule has 6 unspecified atom stereocenters. The lowest BCUT2D eigenvalue weighted by Crippen LogP contribution is -2.59. The molecule has 0 aromatic carbocycles. The van der Waals surface area contributed by atoms with Gasteiger partial charge in [-0.05, 0) is 83.5 Å². The van der Waals surface area contributed by atoms with Gasteiger partial charge in [-0.3, -0.25) is 4.79 Å². The molecule has 64 heavy (non-hydrogen) atoms. The Morgan fingerprint density at radius 2 is 0.906 bits per heavy atom. The van der Waals surface area contributed by atoms with Gasteiger partial charge in [0.25, 0.3) is 0 Å². The van der Waals surface area contributed by atoms with Crippen LogP contribution in [0.1, 0.15) is 219 Å². The predicted molar refractivity (Wildman–Crippen MR) is 265 cm³/mol. The van der Waals surface area contributed by atoms with Crippen LogP contribution in [0.4, 0.5) is 0 Å². The van der Waals surface area contributed by atoms with Crippen LogP contribution < -0.4 is 0 Å². The van der Waals surface area contributed by atoms with Crippen LogP contribution in [0.5, 0.6) is 0 Å². The average molecular weight is 903 g/mol. The van der Waals surface area contributed by atoms with Crippen molar-refractivity contribution in [2.45, 2.75) is 256 Å². The number of allylic oxidation sites excluding steroid dienone is 10. The molecule has 9 heteroatoms. The van der Waals surface area contributed by atoms with E-state index in [9.17, 15) is 25.2 Å². The lowest BCUT2D eigenvalue weighted by atomic mass is 9.99. The predicted octanol–water partition coefficient (Wildman–Crippen LogP) is 13.0. The molecule has 1 aliphatic rings. The molecule has 1 saturated heterocycles. The molecule has 0 saturated carbocycles. The molecule has 1 aliphatic heterocycles. The number of carbonyl (C=O) groups is 1. The Bertz CT molecular complexity index is 1160. The minimum atomic E-state index is -1.54. The summed E-state index contributed by atoms with van der Waals surface area (Å²) in [6.07, 6.45) is 52.5. The zero-order valence-corrected chi connectivity index (χ0v) is 41.0. The fourth-order valence-corrected chi connectivity index (χ4v) is 7.76. The summed E-state index contributed by atoms with van der Waals surface area (Å²) in [5, 5.41) is 40.3. The summed E-state index contributed by atoms with van der Waals surface area (Å²) in [5.74, 6) is -0.323. The first kappa shape index (κ1) is 59.9. The minimum absolute atomic E-state index is 0.121. The standard InChI is InChI=1S/C55H98O9/c1-3-5-7-9-11-13-15-17-19-21-23-24-25-26-27-28-30-32-34-36-38-40-42-44-51(57)63-49(48-62-55-54(60)53(59)52(58)50(46-56)64-55)47-61-45-43-41-39-37-35-33-31-29-22-20-18-16-14-12-10-8-6-4-2/h12,14-15,17-18,20-21,23,25-26,49-50,52-56,58-60H,3-11,13,16,19,22,24,27-48H2,1-2H3/b14-12-,17-15-,20-18-,23-21-,26-25-. The normalized spacial score (nSPS) is 20.0. The van der Waals surface area contributed by atoms with Gasteiger partial charge < -0.3 is 39.4 Å². The lowest BCUT2D eigenvalue weighted by molar-refractivity contribution is -0.305. The third-order valence-corrected chi connectivity index (χ3v) is 11.9. The van der Waals surface area contributed by atoms with Crippen molar-refractivity contribution in [2.24, 2.45) is 0 Å². The number of unbranched alkanes of at least 4 members (excludes halogenated alkanes) is 24.